The summed E-state index contributed by atoms with van der Waals surface area (Å²) in [6, 6.07) is 8.25. The van der Waals surface area contributed by atoms with Gasteiger partial charge in [-0.3, -0.25) is 0 Å². The Hall–Kier alpha value is -2.40. The van der Waals surface area contributed by atoms with E-state index in [-0.39, 0.29) is 12.4 Å². The maximum absolute atomic E-state index is 14.1. The lowest BCUT2D eigenvalue weighted by Crippen LogP contribution is -2.37. The van der Waals surface area contributed by atoms with Crippen molar-refractivity contribution in [3.63, 3.8) is 0 Å². The van der Waals surface area contributed by atoms with Crippen LogP contribution in [0.4, 0.5) is 8.78 Å². The van der Waals surface area contributed by atoms with Gasteiger partial charge in [-0.2, -0.15) is 8.78 Å². The van der Waals surface area contributed by atoms with Crippen molar-refractivity contribution >= 4 is 0 Å². The lowest BCUT2D eigenvalue weighted by molar-refractivity contribution is -0.0718. The molecule has 0 N–H and O–H groups in total. The lowest BCUT2D eigenvalue weighted by atomic mass is 9.71. The van der Waals surface area contributed by atoms with Gasteiger partial charge in [0.05, 0.1) is 19.8 Å². The van der Waals surface area contributed by atoms with Crippen LogP contribution in [0.3, 0.4) is 0 Å². The molecule has 3 fully saturated rings. The first-order chi connectivity index (χ1) is 18.4. The first-order valence-corrected chi connectivity index (χ1v) is 14.3. The minimum Gasteiger partial charge on any atom is -0.494 e. The zero-order valence-corrected chi connectivity index (χ0v) is 22.9. The molecule has 3 nitrogen and oxygen atoms in total. The fourth-order valence-corrected chi connectivity index (χ4v) is 6.67. The second kappa shape index (κ2) is 13.6. The molecule has 0 spiro atoms. The van der Waals surface area contributed by atoms with E-state index in [1.54, 1.807) is 0 Å². The molecule has 3 aliphatic rings. The Morgan fingerprint density at radius 1 is 0.842 bits per heavy atom. The van der Waals surface area contributed by atoms with Gasteiger partial charge in [0.25, 0.3) is 0 Å². The summed E-state index contributed by atoms with van der Waals surface area (Å²) in [5.74, 6) is 0.402. The van der Waals surface area contributed by atoms with Gasteiger partial charge in [-0.1, -0.05) is 43.5 Å². The van der Waals surface area contributed by atoms with Crippen molar-refractivity contribution in [1.82, 2.24) is 0 Å². The van der Waals surface area contributed by atoms with Crippen molar-refractivity contribution in [2.45, 2.75) is 82.8 Å². The Bertz CT molecular complexity index is 974. The molecule has 2 saturated carbocycles. The lowest BCUT2D eigenvalue weighted by Gasteiger charge is -2.41. The summed E-state index contributed by atoms with van der Waals surface area (Å²) < 4.78 is 44.3. The Balaban J connectivity index is 1.19. The van der Waals surface area contributed by atoms with E-state index in [0.29, 0.717) is 17.9 Å². The first kappa shape index (κ1) is 28.6. The van der Waals surface area contributed by atoms with E-state index in [1.165, 1.54) is 76.9 Å². The van der Waals surface area contributed by atoms with E-state index < -0.39 is 17.4 Å². The number of rotatable bonds is 10. The van der Waals surface area contributed by atoms with Crippen LogP contribution in [0, 0.1) is 23.7 Å². The molecular formula is C33H44F2O3. The molecule has 2 atom stereocenters. The minimum absolute atomic E-state index is 0.113. The largest absolute Gasteiger partial charge is 0.494 e. The summed E-state index contributed by atoms with van der Waals surface area (Å²) in [6.07, 6.45) is 15.3. The van der Waals surface area contributed by atoms with Crippen molar-refractivity contribution in [3.8, 4) is 0 Å². The van der Waals surface area contributed by atoms with Crippen LogP contribution in [0.1, 0.15) is 81.3 Å². The standard InChI is InChI=1S/C33H44F2O3/c1-5-24-6-10-28(11-7-24)30-18-19-31(38-21-30)29-16-14-27(15-17-29)26-12-8-25(9-13-26)20-37-23(3)33(35)32(34)22(2)36-4/h5,8-9,12-13,24,27-31H,1-3,6-7,10-11,14-21H2,4H3/b33-32-. The third-order valence-corrected chi connectivity index (χ3v) is 9.25. The number of hydrogen-bond acceptors (Lipinski definition) is 3. The summed E-state index contributed by atoms with van der Waals surface area (Å²) in [7, 11) is 1.22. The average molecular weight is 527 g/mol. The van der Waals surface area contributed by atoms with E-state index in [1.807, 2.05) is 12.1 Å². The van der Waals surface area contributed by atoms with Crippen LogP contribution in [0.25, 0.3) is 0 Å². The number of ether oxygens (including phenoxy) is 3. The first-order valence-electron chi connectivity index (χ1n) is 14.3. The van der Waals surface area contributed by atoms with Crippen LogP contribution < -0.4 is 0 Å². The Morgan fingerprint density at radius 3 is 2.03 bits per heavy atom. The quantitative estimate of drug-likeness (QED) is 0.173. The molecular weight excluding hydrogens is 482 g/mol. The Morgan fingerprint density at radius 2 is 1.45 bits per heavy atom. The van der Waals surface area contributed by atoms with Gasteiger partial charge in [-0.25, -0.2) is 0 Å². The minimum atomic E-state index is -1.20. The van der Waals surface area contributed by atoms with Crippen LogP contribution in [0.5, 0.6) is 0 Å². The second-order valence-corrected chi connectivity index (χ2v) is 11.4. The summed E-state index contributed by atoms with van der Waals surface area (Å²) in [5.41, 5.74) is 2.21. The maximum Gasteiger partial charge on any atom is 0.203 e. The zero-order valence-electron chi connectivity index (χ0n) is 22.9. The van der Waals surface area contributed by atoms with Gasteiger partial charge in [0, 0.05) is 0 Å². The molecule has 0 amide bonds. The summed E-state index contributed by atoms with van der Waals surface area (Å²) in [4.78, 5) is 0. The van der Waals surface area contributed by atoms with Gasteiger partial charge in [0.2, 0.25) is 11.7 Å². The highest BCUT2D eigenvalue weighted by Gasteiger charge is 2.35. The van der Waals surface area contributed by atoms with Crippen molar-refractivity contribution in [3.05, 3.63) is 84.4 Å². The van der Waals surface area contributed by atoms with E-state index in [2.05, 4.69) is 42.7 Å². The van der Waals surface area contributed by atoms with Gasteiger partial charge in [0.1, 0.15) is 6.61 Å². The van der Waals surface area contributed by atoms with Crippen molar-refractivity contribution in [1.29, 1.82) is 0 Å². The van der Waals surface area contributed by atoms with E-state index in [0.717, 1.165) is 29.9 Å². The number of halogens is 2. The number of allylic oxidation sites excluding steroid dienone is 3. The van der Waals surface area contributed by atoms with E-state index in [9.17, 15) is 8.78 Å². The van der Waals surface area contributed by atoms with Crippen LogP contribution in [0.15, 0.2) is 73.3 Å². The third kappa shape index (κ3) is 7.16. The molecule has 0 aromatic heterocycles. The number of methoxy groups -OCH3 is 1. The molecule has 5 heteroatoms. The number of benzene rings is 1. The second-order valence-electron chi connectivity index (χ2n) is 11.4. The highest BCUT2D eigenvalue weighted by atomic mass is 19.2. The SMILES string of the molecule is C=CC1CCC(C2CCC(C3CCC(c4ccc(COC(=C)/C(F)=C(/F)C(=C)OC)cc4)CC3)OC2)CC1. The summed E-state index contributed by atoms with van der Waals surface area (Å²) in [5, 5.41) is 0. The zero-order chi connectivity index (χ0) is 27.1. The molecule has 2 unspecified atom stereocenters. The van der Waals surface area contributed by atoms with E-state index >= 15 is 0 Å². The van der Waals surface area contributed by atoms with Crippen LogP contribution in [-0.2, 0) is 20.8 Å². The molecule has 1 saturated heterocycles. The van der Waals surface area contributed by atoms with Gasteiger partial charge in [-0.05, 0) is 105 Å². The summed E-state index contributed by atoms with van der Waals surface area (Å²) in [6.45, 7) is 11.8. The van der Waals surface area contributed by atoms with Crippen LogP contribution in [-0.4, -0.2) is 19.8 Å². The molecule has 1 heterocycles. The fraction of sp³-hybridized carbons (Fsp3) is 0.576. The fourth-order valence-electron chi connectivity index (χ4n) is 6.67. The van der Waals surface area contributed by atoms with Crippen molar-refractivity contribution in [2.75, 3.05) is 13.7 Å². The smallest absolute Gasteiger partial charge is 0.203 e. The third-order valence-electron chi connectivity index (χ3n) is 9.25. The molecule has 0 radical (unpaired) electrons. The van der Waals surface area contributed by atoms with Crippen molar-refractivity contribution in [2.24, 2.45) is 23.7 Å². The molecule has 208 valence electrons. The predicted octanol–water partition coefficient (Wildman–Crippen LogP) is 9.09. The van der Waals surface area contributed by atoms with Crippen LogP contribution in [0.2, 0.25) is 0 Å². The molecule has 1 aliphatic heterocycles. The summed E-state index contributed by atoms with van der Waals surface area (Å²) >= 11 is 0. The number of hydrogen-bond donors (Lipinski definition) is 0. The van der Waals surface area contributed by atoms with Crippen molar-refractivity contribution < 1.29 is 23.0 Å². The molecule has 1 aromatic rings. The van der Waals surface area contributed by atoms with E-state index in [4.69, 9.17) is 9.47 Å². The normalized spacial score (nSPS) is 30.6. The van der Waals surface area contributed by atoms with Crippen LogP contribution >= 0.6 is 0 Å². The Kier molecular flexibility index (Phi) is 10.2. The van der Waals surface area contributed by atoms with Gasteiger partial charge in [0.15, 0.2) is 11.5 Å². The predicted molar refractivity (Wildman–Crippen MR) is 149 cm³/mol. The van der Waals surface area contributed by atoms with Gasteiger partial charge >= 0.3 is 0 Å². The Labute approximate surface area is 227 Å². The molecule has 2 aliphatic carbocycles. The van der Waals surface area contributed by atoms with Gasteiger partial charge < -0.3 is 14.2 Å². The topological polar surface area (TPSA) is 27.7 Å². The average Bonchev–Trinajstić information content (AvgIpc) is 2.99. The highest BCUT2D eigenvalue weighted by Crippen LogP contribution is 2.43. The monoisotopic (exact) mass is 526 g/mol. The molecule has 38 heavy (non-hydrogen) atoms. The molecule has 4 rings (SSSR count). The van der Waals surface area contributed by atoms with Gasteiger partial charge in [-0.15, -0.1) is 6.58 Å². The maximum atomic E-state index is 14.1. The molecule has 1 aromatic carbocycles. The molecule has 0 bridgehead atoms. The highest BCUT2D eigenvalue weighted by molar-refractivity contribution is 5.30.